The molecule has 0 spiro atoms. The van der Waals surface area contributed by atoms with Crippen LogP contribution in [-0.4, -0.2) is 46.3 Å². The van der Waals surface area contributed by atoms with Crippen molar-refractivity contribution in [3.63, 3.8) is 0 Å². The minimum absolute atomic E-state index is 0.281. The Labute approximate surface area is 92.9 Å². The third-order valence-corrected chi connectivity index (χ3v) is 3.82. The van der Waals surface area contributed by atoms with Crippen molar-refractivity contribution in [1.29, 1.82) is 5.41 Å². The van der Waals surface area contributed by atoms with Gasteiger partial charge in [-0.3, -0.25) is 10.3 Å². The van der Waals surface area contributed by atoms with Gasteiger partial charge in [0.1, 0.15) is 0 Å². The van der Waals surface area contributed by atoms with E-state index in [1.807, 2.05) is 6.92 Å². The topological polar surface area (TPSA) is 30.3 Å². The van der Waals surface area contributed by atoms with Gasteiger partial charge in [-0.2, -0.15) is 0 Å². The lowest BCUT2D eigenvalue weighted by Gasteiger charge is -2.47. The van der Waals surface area contributed by atoms with Crippen LogP contribution in [0.5, 0.6) is 0 Å². The van der Waals surface area contributed by atoms with Crippen molar-refractivity contribution in [2.75, 3.05) is 13.1 Å². The number of fused-ring (bicyclic) bond motifs is 2. The van der Waals surface area contributed by atoms with Crippen LogP contribution in [0.2, 0.25) is 0 Å². The van der Waals surface area contributed by atoms with E-state index in [4.69, 9.17) is 5.41 Å². The van der Waals surface area contributed by atoms with Crippen molar-refractivity contribution in [2.45, 2.75) is 58.2 Å². The largest absolute Gasteiger partial charge is 0.352 e. The maximum absolute atomic E-state index is 7.82. The average Bonchev–Trinajstić information content (AvgIpc) is 2.35. The number of nitrogens with one attached hydrogen (secondary N) is 1. The molecule has 2 aliphatic heterocycles. The summed E-state index contributed by atoms with van der Waals surface area (Å²) in [4.78, 5) is 4.91. The smallest absolute Gasteiger partial charge is 0.0931 e. The number of nitrogens with zero attached hydrogens (tertiary/aromatic N) is 2. The Hall–Kier alpha value is -0.570. The van der Waals surface area contributed by atoms with Crippen molar-refractivity contribution in [3.8, 4) is 0 Å². The predicted octanol–water partition coefficient (Wildman–Crippen LogP) is 1.93. The number of likely N-dealkylation sites (tertiary alicyclic amines) is 1. The molecule has 1 N–H and O–H groups in total. The SMILES string of the molecule is CC(=N)N1C2CCC1CN(C(C)(C)C)C2. The predicted molar refractivity (Wildman–Crippen MR) is 63.4 cm³/mol. The minimum Gasteiger partial charge on any atom is -0.352 e. The first kappa shape index (κ1) is 10.9. The van der Waals surface area contributed by atoms with Crippen LogP contribution in [0.1, 0.15) is 40.5 Å². The fourth-order valence-electron chi connectivity index (χ4n) is 3.00. The van der Waals surface area contributed by atoms with E-state index < -0.39 is 0 Å². The van der Waals surface area contributed by atoms with E-state index in [1.165, 1.54) is 12.8 Å². The van der Waals surface area contributed by atoms with Crippen LogP contribution < -0.4 is 0 Å². The van der Waals surface area contributed by atoms with E-state index in [-0.39, 0.29) is 5.54 Å². The van der Waals surface area contributed by atoms with Gasteiger partial charge >= 0.3 is 0 Å². The van der Waals surface area contributed by atoms with Gasteiger partial charge in [-0.15, -0.1) is 0 Å². The summed E-state index contributed by atoms with van der Waals surface area (Å²) in [5.41, 5.74) is 0.281. The summed E-state index contributed by atoms with van der Waals surface area (Å²) in [6, 6.07) is 1.20. The third-order valence-electron chi connectivity index (χ3n) is 3.82. The molecule has 0 aromatic heterocycles. The molecule has 0 amide bonds. The highest BCUT2D eigenvalue weighted by molar-refractivity contribution is 5.77. The zero-order valence-corrected chi connectivity index (χ0v) is 10.4. The fraction of sp³-hybridized carbons (Fsp3) is 0.917. The van der Waals surface area contributed by atoms with Gasteiger partial charge in [-0.25, -0.2) is 0 Å². The zero-order chi connectivity index (χ0) is 11.2. The van der Waals surface area contributed by atoms with Gasteiger partial charge in [0, 0.05) is 30.7 Å². The minimum atomic E-state index is 0.281. The van der Waals surface area contributed by atoms with Crippen LogP contribution in [0.15, 0.2) is 0 Å². The number of amidine groups is 1. The van der Waals surface area contributed by atoms with Crippen LogP contribution in [0.4, 0.5) is 0 Å². The average molecular weight is 209 g/mol. The summed E-state index contributed by atoms with van der Waals surface area (Å²) in [6.07, 6.45) is 2.54. The highest BCUT2D eigenvalue weighted by Gasteiger charge is 2.42. The summed E-state index contributed by atoms with van der Waals surface area (Å²) in [7, 11) is 0. The highest BCUT2D eigenvalue weighted by Crippen LogP contribution is 2.33. The van der Waals surface area contributed by atoms with Crippen molar-refractivity contribution < 1.29 is 0 Å². The molecular formula is C12H23N3. The van der Waals surface area contributed by atoms with Gasteiger partial charge in [0.25, 0.3) is 0 Å². The maximum atomic E-state index is 7.82. The van der Waals surface area contributed by atoms with Crippen LogP contribution in [-0.2, 0) is 0 Å². The number of hydrogen-bond donors (Lipinski definition) is 1. The molecular weight excluding hydrogens is 186 g/mol. The molecule has 3 nitrogen and oxygen atoms in total. The van der Waals surface area contributed by atoms with Crippen molar-refractivity contribution in [1.82, 2.24) is 9.80 Å². The maximum Gasteiger partial charge on any atom is 0.0931 e. The molecule has 2 fully saturated rings. The lowest BCUT2D eigenvalue weighted by molar-refractivity contribution is 0.0484. The van der Waals surface area contributed by atoms with Crippen molar-refractivity contribution in [3.05, 3.63) is 0 Å². The first-order chi connectivity index (χ1) is 6.89. The van der Waals surface area contributed by atoms with Gasteiger partial charge in [0.15, 0.2) is 0 Å². The number of rotatable bonds is 0. The van der Waals surface area contributed by atoms with Gasteiger partial charge < -0.3 is 4.90 Å². The third kappa shape index (κ3) is 1.89. The van der Waals surface area contributed by atoms with E-state index >= 15 is 0 Å². The Bertz CT molecular complexity index is 253. The molecule has 3 heteroatoms. The van der Waals surface area contributed by atoms with Crippen molar-refractivity contribution in [2.24, 2.45) is 0 Å². The number of piperazine rings is 1. The Morgan fingerprint density at radius 3 is 1.93 bits per heavy atom. The van der Waals surface area contributed by atoms with Gasteiger partial charge in [0.05, 0.1) is 5.84 Å². The normalized spacial score (nSPS) is 32.1. The molecule has 2 atom stereocenters. The van der Waals surface area contributed by atoms with E-state index in [9.17, 15) is 0 Å². The molecule has 2 saturated heterocycles. The van der Waals surface area contributed by atoms with E-state index in [1.54, 1.807) is 0 Å². The van der Waals surface area contributed by atoms with Gasteiger partial charge in [-0.05, 0) is 40.5 Å². The molecule has 15 heavy (non-hydrogen) atoms. The van der Waals surface area contributed by atoms with Crippen LogP contribution in [0.25, 0.3) is 0 Å². The molecule has 0 saturated carbocycles. The van der Waals surface area contributed by atoms with Crippen molar-refractivity contribution >= 4 is 5.84 Å². The lowest BCUT2D eigenvalue weighted by Crippen LogP contribution is -2.59. The standard InChI is InChI=1S/C12H23N3/c1-9(13)15-10-5-6-11(15)8-14(7-10)12(2,3)4/h10-11,13H,5-8H2,1-4H3. The molecule has 2 heterocycles. The zero-order valence-electron chi connectivity index (χ0n) is 10.4. The monoisotopic (exact) mass is 209 g/mol. The first-order valence-corrected chi connectivity index (χ1v) is 5.98. The summed E-state index contributed by atoms with van der Waals surface area (Å²) < 4.78 is 0. The van der Waals surface area contributed by atoms with E-state index in [0.29, 0.717) is 12.1 Å². The molecule has 86 valence electrons. The highest BCUT2D eigenvalue weighted by atomic mass is 15.4. The molecule has 2 bridgehead atoms. The lowest BCUT2D eigenvalue weighted by atomic mass is 10.0. The van der Waals surface area contributed by atoms with Gasteiger partial charge in [0.2, 0.25) is 0 Å². The second-order valence-electron chi connectivity index (χ2n) is 5.95. The van der Waals surface area contributed by atoms with Crippen LogP contribution >= 0.6 is 0 Å². The molecule has 0 radical (unpaired) electrons. The molecule has 2 unspecified atom stereocenters. The van der Waals surface area contributed by atoms with E-state index in [0.717, 1.165) is 18.9 Å². The Kier molecular flexibility index (Phi) is 2.53. The summed E-state index contributed by atoms with van der Waals surface area (Å²) >= 11 is 0. The molecule has 2 rings (SSSR count). The molecule has 0 aromatic carbocycles. The van der Waals surface area contributed by atoms with Gasteiger partial charge in [-0.1, -0.05) is 0 Å². The second-order valence-corrected chi connectivity index (χ2v) is 5.95. The Balaban J connectivity index is 2.11. The quantitative estimate of drug-likeness (QED) is 0.488. The molecule has 0 aliphatic carbocycles. The van der Waals surface area contributed by atoms with Crippen LogP contribution in [0, 0.1) is 5.41 Å². The second kappa shape index (κ2) is 3.48. The first-order valence-electron chi connectivity index (χ1n) is 5.98. The van der Waals surface area contributed by atoms with E-state index in [2.05, 4.69) is 30.6 Å². The molecule has 0 aromatic rings. The Morgan fingerprint density at radius 1 is 1.13 bits per heavy atom. The fourth-order valence-corrected chi connectivity index (χ4v) is 3.00. The molecule has 2 aliphatic rings. The Morgan fingerprint density at radius 2 is 1.60 bits per heavy atom. The van der Waals surface area contributed by atoms with Crippen LogP contribution in [0.3, 0.4) is 0 Å². The summed E-state index contributed by atoms with van der Waals surface area (Å²) in [5, 5.41) is 7.82. The number of hydrogen-bond acceptors (Lipinski definition) is 2. The summed E-state index contributed by atoms with van der Waals surface area (Å²) in [6.45, 7) is 11.1. The summed E-state index contributed by atoms with van der Waals surface area (Å²) in [5.74, 6) is 0.760.